The molecule has 0 spiro atoms. The molecule has 0 saturated heterocycles. The normalized spacial score (nSPS) is 16.1. The quantitative estimate of drug-likeness (QED) is 0.499. The summed E-state index contributed by atoms with van der Waals surface area (Å²) in [5.41, 5.74) is 2.90. The number of aromatic nitrogens is 3. The van der Waals surface area contributed by atoms with Crippen molar-refractivity contribution < 1.29 is 9.53 Å². The van der Waals surface area contributed by atoms with Crippen LogP contribution in [-0.4, -0.2) is 27.3 Å². The fourth-order valence-corrected chi connectivity index (χ4v) is 5.75. The Morgan fingerprint density at radius 2 is 2.10 bits per heavy atom. The van der Waals surface area contributed by atoms with Crippen LogP contribution in [0.15, 0.2) is 30.3 Å². The van der Waals surface area contributed by atoms with Gasteiger partial charge in [-0.3, -0.25) is 4.79 Å². The molecule has 0 bridgehead atoms. The molecule has 1 unspecified atom stereocenters. The molecule has 0 saturated carbocycles. The van der Waals surface area contributed by atoms with Crippen LogP contribution in [0.2, 0.25) is 0 Å². The van der Waals surface area contributed by atoms with Crippen LogP contribution in [0.1, 0.15) is 40.3 Å². The largest absolute Gasteiger partial charge is 0.494 e. The lowest BCUT2D eigenvalue weighted by Gasteiger charge is -2.22. The maximum Gasteiger partial charge on any atom is 0.226 e. The predicted molar refractivity (Wildman–Crippen MR) is 117 cm³/mol. The predicted octanol–water partition coefficient (Wildman–Crippen LogP) is 5.03. The van der Waals surface area contributed by atoms with E-state index in [0.717, 1.165) is 38.2 Å². The van der Waals surface area contributed by atoms with Crippen molar-refractivity contribution in [3.8, 4) is 10.9 Å². The van der Waals surface area contributed by atoms with Crippen molar-refractivity contribution in [2.24, 2.45) is 0 Å². The smallest absolute Gasteiger partial charge is 0.226 e. The van der Waals surface area contributed by atoms with E-state index in [-0.39, 0.29) is 11.8 Å². The summed E-state index contributed by atoms with van der Waals surface area (Å²) in [7, 11) is 0. The van der Waals surface area contributed by atoms with Gasteiger partial charge in [-0.2, -0.15) is 9.78 Å². The van der Waals surface area contributed by atoms with Gasteiger partial charge < -0.3 is 10.1 Å². The number of carbonyl (C=O) groups excluding carboxylic acids is 1. The number of nitrogens with zero attached hydrogens (tertiary/aromatic N) is 3. The van der Waals surface area contributed by atoms with Gasteiger partial charge in [-0.1, -0.05) is 11.3 Å². The molecule has 1 N–H and O–H groups in total. The van der Waals surface area contributed by atoms with Gasteiger partial charge in [0.05, 0.1) is 22.5 Å². The van der Waals surface area contributed by atoms with Crippen LogP contribution in [0.5, 0.6) is 5.75 Å². The topological polar surface area (TPSA) is 69.0 Å². The Labute approximate surface area is 176 Å². The lowest BCUT2D eigenvalue weighted by Crippen LogP contribution is -2.24. The van der Waals surface area contributed by atoms with Gasteiger partial charge in [-0.05, 0) is 51.1 Å². The van der Waals surface area contributed by atoms with Gasteiger partial charge >= 0.3 is 0 Å². The van der Waals surface area contributed by atoms with Crippen LogP contribution in [0.25, 0.3) is 15.3 Å². The Hall–Kier alpha value is -2.71. The third-order valence-electron chi connectivity index (χ3n) is 5.05. The number of benzene rings is 1. The number of ether oxygens (including phenoxy) is 1. The number of anilines is 1. The highest BCUT2D eigenvalue weighted by Crippen LogP contribution is 2.43. The fraction of sp³-hybridized carbons (Fsp3) is 0.286. The lowest BCUT2D eigenvalue weighted by atomic mass is 9.91. The molecule has 29 heavy (non-hydrogen) atoms. The molecule has 1 aliphatic rings. The summed E-state index contributed by atoms with van der Waals surface area (Å²) in [5, 5.41) is 8.53. The molecule has 1 amide bonds. The Morgan fingerprint density at radius 3 is 2.86 bits per heavy atom. The molecule has 0 fully saturated rings. The molecule has 148 valence electrons. The van der Waals surface area contributed by atoms with E-state index in [1.165, 1.54) is 21.1 Å². The highest BCUT2D eigenvalue weighted by atomic mass is 32.1. The first-order valence-electron chi connectivity index (χ1n) is 9.53. The zero-order valence-electron chi connectivity index (χ0n) is 16.4. The van der Waals surface area contributed by atoms with Crippen molar-refractivity contribution in [3.05, 3.63) is 51.3 Å². The molecule has 1 aromatic carbocycles. The van der Waals surface area contributed by atoms with Crippen molar-refractivity contribution in [1.82, 2.24) is 14.8 Å². The van der Waals surface area contributed by atoms with Crippen molar-refractivity contribution in [1.29, 1.82) is 0 Å². The average Bonchev–Trinajstić information content (AvgIpc) is 3.38. The highest BCUT2D eigenvalue weighted by Gasteiger charge is 2.34. The number of amides is 1. The minimum absolute atomic E-state index is 0.00875. The van der Waals surface area contributed by atoms with E-state index in [9.17, 15) is 4.79 Å². The van der Waals surface area contributed by atoms with Gasteiger partial charge in [0.15, 0.2) is 0 Å². The van der Waals surface area contributed by atoms with Gasteiger partial charge in [0.25, 0.3) is 0 Å². The monoisotopic (exact) mass is 424 g/mol. The number of carbonyl (C=O) groups is 1. The zero-order chi connectivity index (χ0) is 20.1. The third kappa shape index (κ3) is 3.12. The molecule has 0 aliphatic carbocycles. The number of rotatable bonds is 4. The standard InChI is InChI=1S/C21H20N4O2S2/c1-4-27-13-6-7-15-17(9-13)29-21(22-15)25-20-19(12(3)24-25)14(10-18(26)23-20)16-8-5-11(2)28-16/h5-9,14H,4,10H2,1-3H3,(H,23,26). The third-order valence-corrected chi connectivity index (χ3v) is 7.16. The summed E-state index contributed by atoms with van der Waals surface area (Å²) in [6.07, 6.45) is 0.442. The first-order valence-corrected chi connectivity index (χ1v) is 11.2. The first-order chi connectivity index (χ1) is 14.0. The minimum atomic E-state index is 0.00875. The van der Waals surface area contributed by atoms with Crippen LogP contribution in [0, 0.1) is 13.8 Å². The molecular weight excluding hydrogens is 404 g/mol. The second-order valence-corrected chi connectivity index (χ2v) is 9.40. The zero-order valence-corrected chi connectivity index (χ0v) is 18.0. The second-order valence-electron chi connectivity index (χ2n) is 7.07. The number of hydrogen-bond acceptors (Lipinski definition) is 6. The molecule has 8 heteroatoms. The van der Waals surface area contributed by atoms with Crippen LogP contribution in [0.3, 0.4) is 0 Å². The van der Waals surface area contributed by atoms with E-state index in [2.05, 4.69) is 24.4 Å². The molecule has 0 radical (unpaired) electrons. The van der Waals surface area contributed by atoms with Crippen molar-refractivity contribution in [2.75, 3.05) is 11.9 Å². The Bertz CT molecular complexity index is 1240. The molecule has 5 rings (SSSR count). The van der Waals surface area contributed by atoms with E-state index < -0.39 is 0 Å². The van der Waals surface area contributed by atoms with Crippen molar-refractivity contribution >= 4 is 44.6 Å². The number of aryl methyl sites for hydroxylation is 2. The molecule has 4 heterocycles. The first kappa shape index (κ1) is 18.3. The number of thiophene rings is 1. The maximum absolute atomic E-state index is 12.5. The van der Waals surface area contributed by atoms with Gasteiger partial charge in [0.1, 0.15) is 11.6 Å². The van der Waals surface area contributed by atoms with E-state index >= 15 is 0 Å². The van der Waals surface area contributed by atoms with Gasteiger partial charge in [0, 0.05) is 27.7 Å². The molecule has 6 nitrogen and oxygen atoms in total. The second kappa shape index (κ2) is 6.96. The van der Waals surface area contributed by atoms with Crippen LogP contribution >= 0.6 is 22.7 Å². The molecule has 3 aromatic heterocycles. The van der Waals surface area contributed by atoms with E-state index in [4.69, 9.17) is 14.8 Å². The van der Waals surface area contributed by atoms with Crippen molar-refractivity contribution in [3.63, 3.8) is 0 Å². The lowest BCUT2D eigenvalue weighted by molar-refractivity contribution is -0.116. The number of fused-ring (bicyclic) bond motifs is 2. The Kier molecular flexibility index (Phi) is 4.40. The Morgan fingerprint density at radius 1 is 1.24 bits per heavy atom. The summed E-state index contributed by atoms with van der Waals surface area (Å²) in [6.45, 7) is 6.68. The van der Waals surface area contributed by atoms with Crippen molar-refractivity contribution in [2.45, 2.75) is 33.1 Å². The van der Waals surface area contributed by atoms with Gasteiger partial charge in [0.2, 0.25) is 11.0 Å². The summed E-state index contributed by atoms with van der Waals surface area (Å²) < 4.78 is 8.41. The molecule has 1 aliphatic heterocycles. The van der Waals surface area contributed by atoms with Gasteiger partial charge in [-0.15, -0.1) is 11.3 Å². The van der Waals surface area contributed by atoms with E-state index in [1.807, 2.05) is 32.0 Å². The minimum Gasteiger partial charge on any atom is -0.494 e. The summed E-state index contributed by atoms with van der Waals surface area (Å²) in [4.78, 5) is 19.7. The van der Waals surface area contributed by atoms with E-state index in [0.29, 0.717) is 13.0 Å². The van der Waals surface area contributed by atoms with Crippen LogP contribution in [-0.2, 0) is 4.79 Å². The Balaban J connectivity index is 1.62. The fourth-order valence-electron chi connectivity index (χ4n) is 3.81. The maximum atomic E-state index is 12.5. The average molecular weight is 425 g/mol. The van der Waals surface area contributed by atoms with E-state index in [1.54, 1.807) is 16.0 Å². The molecular formula is C21H20N4O2S2. The highest BCUT2D eigenvalue weighted by molar-refractivity contribution is 7.20. The van der Waals surface area contributed by atoms with Gasteiger partial charge in [-0.25, -0.2) is 4.98 Å². The SMILES string of the molecule is CCOc1ccc2nc(-n3nc(C)c4c3NC(=O)CC4c3ccc(C)s3)sc2c1. The summed E-state index contributed by atoms with van der Waals surface area (Å²) in [5.74, 6) is 1.61. The summed E-state index contributed by atoms with van der Waals surface area (Å²) in [6, 6.07) is 10.1. The number of thiazole rings is 1. The number of nitrogens with one attached hydrogen (secondary N) is 1. The van der Waals surface area contributed by atoms with Crippen LogP contribution < -0.4 is 10.1 Å². The summed E-state index contributed by atoms with van der Waals surface area (Å²) >= 11 is 3.28. The molecule has 1 atom stereocenters. The van der Waals surface area contributed by atoms with Crippen LogP contribution in [0.4, 0.5) is 5.82 Å². The molecule has 4 aromatic rings. The number of hydrogen-bond donors (Lipinski definition) is 1.